The molecule has 2 unspecified atom stereocenters. The molecule has 0 aromatic rings. The summed E-state index contributed by atoms with van der Waals surface area (Å²) in [6.07, 6.45) is 2.26. The number of hydrogen-bond acceptors (Lipinski definition) is 4. The van der Waals surface area contributed by atoms with E-state index in [1.165, 1.54) is 0 Å². The van der Waals surface area contributed by atoms with Gasteiger partial charge >= 0.3 is 11.9 Å². The molecule has 1 heterocycles. The zero-order valence-corrected chi connectivity index (χ0v) is 12.9. The second kappa shape index (κ2) is 7.97. The summed E-state index contributed by atoms with van der Waals surface area (Å²) in [4.78, 5) is 23.3. The van der Waals surface area contributed by atoms with Gasteiger partial charge in [-0.15, -0.1) is 0 Å². The monoisotopic (exact) mass is 270 g/mol. The summed E-state index contributed by atoms with van der Waals surface area (Å²) in [6, 6.07) is 0. The Morgan fingerprint density at radius 1 is 1.47 bits per heavy atom. The van der Waals surface area contributed by atoms with E-state index in [0.717, 1.165) is 5.57 Å². The molecular weight excluding hydrogens is 244 g/mol. The molecular formula is C15H26O4. The number of cyclic esters (lactones) is 1. The van der Waals surface area contributed by atoms with Crippen molar-refractivity contribution in [2.75, 3.05) is 6.61 Å². The van der Waals surface area contributed by atoms with Crippen molar-refractivity contribution in [1.82, 2.24) is 0 Å². The minimum absolute atomic E-state index is 0.336. The maximum Gasteiger partial charge on any atom is 0.347 e. The maximum atomic E-state index is 12.1. The molecule has 0 aromatic heterocycles. The summed E-state index contributed by atoms with van der Waals surface area (Å²) in [5, 5.41) is 0. The van der Waals surface area contributed by atoms with E-state index in [2.05, 4.69) is 0 Å². The van der Waals surface area contributed by atoms with Crippen LogP contribution in [-0.4, -0.2) is 24.6 Å². The van der Waals surface area contributed by atoms with Crippen LogP contribution >= 0.6 is 0 Å². The standard InChI is InChI=1S/C13H20O4.C2H6/c1-5-13(4,8-9(2)3)12(15)17-10-6-7-16-11(10)14;1-2/h8,10H,5-7H2,1-4H3;1-2H3. The molecule has 0 N–H and O–H groups in total. The highest BCUT2D eigenvalue weighted by Crippen LogP contribution is 2.28. The average Bonchev–Trinajstić information content (AvgIpc) is 2.76. The topological polar surface area (TPSA) is 52.6 Å². The Morgan fingerprint density at radius 2 is 2.05 bits per heavy atom. The molecule has 4 heteroatoms. The highest BCUT2D eigenvalue weighted by molar-refractivity contribution is 5.84. The predicted molar refractivity (Wildman–Crippen MR) is 74.6 cm³/mol. The third-order valence-corrected chi connectivity index (χ3v) is 2.94. The second-order valence-electron chi connectivity index (χ2n) is 4.84. The van der Waals surface area contributed by atoms with E-state index in [4.69, 9.17) is 9.47 Å². The van der Waals surface area contributed by atoms with Crippen LogP contribution in [0.1, 0.15) is 54.4 Å². The maximum absolute atomic E-state index is 12.1. The molecule has 0 amide bonds. The molecule has 2 atom stereocenters. The molecule has 1 fully saturated rings. The average molecular weight is 270 g/mol. The van der Waals surface area contributed by atoms with Crippen molar-refractivity contribution >= 4 is 11.9 Å². The van der Waals surface area contributed by atoms with Gasteiger partial charge in [0.25, 0.3) is 0 Å². The highest BCUT2D eigenvalue weighted by atomic mass is 16.6. The number of allylic oxidation sites excluding steroid dienone is 1. The first-order valence-corrected chi connectivity index (χ1v) is 6.93. The van der Waals surface area contributed by atoms with Gasteiger partial charge in [-0.2, -0.15) is 0 Å². The first-order chi connectivity index (χ1) is 8.89. The fraction of sp³-hybridized carbons (Fsp3) is 0.733. The number of carbonyl (C=O) groups excluding carboxylic acids is 2. The number of hydrogen-bond donors (Lipinski definition) is 0. The van der Waals surface area contributed by atoms with E-state index in [-0.39, 0.29) is 5.97 Å². The van der Waals surface area contributed by atoms with Gasteiger partial charge in [0.15, 0.2) is 0 Å². The van der Waals surface area contributed by atoms with Crippen molar-refractivity contribution in [3.63, 3.8) is 0 Å². The largest absolute Gasteiger partial charge is 0.463 e. The molecule has 0 saturated carbocycles. The van der Waals surface area contributed by atoms with Crippen molar-refractivity contribution in [3.05, 3.63) is 11.6 Å². The SMILES string of the molecule is CC.CCC(C)(C=C(C)C)C(=O)OC1CCOC1=O. The highest BCUT2D eigenvalue weighted by Gasteiger charge is 2.37. The number of ether oxygens (including phenoxy) is 2. The molecule has 1 aliphatic heterocycles. The fourth-order valence-corrected chi connectivity index (χ4v) is 1.79. The number of esters is 2. The summed E-state index contributed by atoms with van der Waals surface area (Å²) in [5.41, 5.74) is 0.391. The van der Waals surface area contributed by atoms with E-state index >= 15 is 0 Å². The molecule has 4 nitrogen and oxygen atoms in total. The van der Waals surface area contributed by atoms with Crippen LogP contribution in [0.2, 0.25) is 0 Å². The van der Waals surface area contributed by atoms with Crippen molar-refractivity contribution < 1.29 is 19.1 Å². The minimum Gasteiger partial charge on any atom is -0.463 e. The smallest absolute Gasteiger partial charge is 0.347 e. The van der Waals surface area contributed by atoms with Gasteiger partial charge in [0.1, 0.15) is 0 Å². The Kier molecular flexibility index (Phi) is 7.42. The van der Waals surface area contributed by atoms with Crippen molar-refractivity contribution in [3.8, 4) is 0 Å². The Labute approximate surface area is 116 Å². The summed E-state index contributed by atoms with van der Waals surface area (Å²) in [5.74, 6) is -0.793. The second-order valence-corrected chi connectivity index (χ2v) is 4.84. The lowest BCUT2D eigenvalue weighted by atomic mass is 9.86. The van der Waals surface area contributed by atoms with Gasteiger partial charge in [-0.05, 0) is 27.2 Å². The normalized spacial score (nSPS) is 20.5. The van der Waals surface area contributed by atoms with Crippen molar-refractivity contribution in [1.29, 1.82) is 0 Å². The van der Waals surface area contributed by atoms with Gasteiger partial charge < -0.3 is 9.47 Å². The summed E-state index contributed by atoms with van der Waals surface area (Å²) in [7, 11) is 0. The molecule has 0 aromatic carbocycles. The first kappa shape index (κ1) is 17.7. The lowest BCUT2D eigenvalue weighted by molar-refractivity contribution is -0.165. The van der Waals surface area contributed by atoms with Gasteiger partial charge in [0.05, 0.1) is 12.0 Å². The van der Waals surface area contributed by atoms with Crippen LogP contribution in [-0.2, 0) is 19.1 Å². The van der Waals surface area contributed by atoms with E-state index in [0.29, 0.717) is 19.4 Å². The van der Waals surface area contributed by atoms with Crippen LogP contribution in [0.15, 0.2) is 11.6 Å². The molecule has 0 radical (unpaired) electrons. The molecule has 1 rings (SSSR count). The van der Waals surface area contributed by atoms with E-state index in [9.17, 15) is 9.59 Å². The Morgan fingerprint density at radius 3 is 2.42 bits per heavy atom. The molecule has 110 valence electrons. The molecule has 0 aliphatic carbocycles. The predicted octanol–water partition coefficient (Wildman–Crippen LogP) is 3.25. The van der Waals surface area contributed by atoms with Gasteiger partial charge in [-0.1, -0.05) is 32.4 Å². The Hall–Kier alpha value is -1.32. The molecule has 1 saturated heterocycles. The van der Waals surface area contributed by atoms with Crippen LogP contribution in [0, 0.1) is 5.41 Å². The lowest BCUT2D eigenvalue weighted by Crippen LogP contribution is -2.33. The quantitative estimate of drug-likeness (QED) is 0.581. The Bertz CT molecular complexity index is 342. The summed E-state index contributed by atoms with van der Waals surface area (Å²) in [6.45, 7) is 12.0. The number of carbonyl (C=O) groups is 2. The van der Waals surface area contributed by atoms with E-state index in [1.807, 2.05) is 47.6 Å². The van der Waals surface area contributed by atoms with E-state index in [1.54, 1.807) is 0 Å². The zero-order chi connectivity index (χ0) is 15.1. The van der Waals surface area contributed by atoms with Gasteiger partial charge in [0, 0.05) is 6.42 Å². The van der Waals surface area contributed by atoms with Crippen LogP contribution in [0.3, 0.4) is 0 Å². The number of rotatable bonds is 4. The zero-order valence-electron chi connectivity index (χ0n) is 12.9. The van der Waals surface area contributed by atoms with Gasteiger partial charge in [0.2, 0.25) is 6.10 Å². The third-order valence-electron chi connectivity index (χ3n) is 2.94. The van der Waals surface area contributed by atoms with Crippen molar-refractivity contribution in [2.24, 2.45) is 5.41 Å². The van der Waals surface area contributed by atoms with E-state index < -0.39 is 17.5 Å². The Balaban J connectivity index is 0.00000154. The summed E-state index contributed by atoms with van der Waals surface area (Å²) < 4.78 is 9.98. The molecule has 0 bridgehead atoms. The molecule has 19 heavy (non-hydrogen) atoms. The summed E-state index contributed by atoms with van der Waals surface area (Å²) >= 11 is 0. The lowest BCUT2D eigenvalue weighted by Gasteiger charge is -2.24. The van der Waals surface area contributed by atoms with Crippen LogP contribution in [0.25, 0.3) is 0 Å². The van der Waals surface area contributed by atoms with Crippen molar-refractivity contribution in [2.45, 2.75) is 60.5 Å². The molecule has 1 aliphatic rings. The third kappa shape index (κ3) is 5.05. The van der Waals surface area contributed by atoms with Crippen LogP contribution in [0.4, 0.5) is 0 Å². The fourth-order valence-electron chi connectivity index (χ4n) is 1.79. The molecule has 0 spiro atoms. The first-order valence-electron chi connectivity index (χ1n) is 6.93. The van der Waals surface area contributed by atoms with Gasteiger partial charge in [-0.25, -0.2) is 4.79 Å². The van der Waals surface area contributed by atoms with Gasteiger partial charge in [-0.3, -0.25) is 4.79 Å². The van der Waals surface area contributed by atoms with Crippen LogP contribution < -0.4 is 0 Å². The minimum atomic E-state index is -0.723. The van der Waals surface area contributed by atoms with Crippen LogP contribution in [0.5, 0.6) is 0 Å².